The molecule has 0 aromatic heterocycles. The zero-order chi connectivity index (χ0) is 46.0. The minimum Gasteiger partial charge on any atom is -0.462 e. The van der Waals surface area contributed by atoms with Gasteiger partial charge >= 0.3 is 19.8 Å². The molecule has 9 nitrogen and oxygen atoms in total. The first-order chi connectivity index (χ1) is 30.8. The molecule has 1 unspecified atom stereocenters. The van der Waals surface area contributed by atoms with Gasteiger partial charge in [-0.25, -0.2) is 4.57 Å². The van der Waals surface area contributed by atoms with Crippen molar-refractivity contribution in [2.75, 3.05) is 26.4 Å². The molecular formula is C53H90NO8P. The van der Waals surface area contributed by atoms with E-state index in [0.29, 0.717) is 12.8 Å². The second-order valence-corrected chi connectivity index (χ2v) is 17.4. The first kappa shape index (κ1) is 59.9. The van der Waals surface area contributed by atoms with Gasteiger partial charge in [0.1, 0.15) is 6.61 Å². The van der Waals surface area contributed by atoms with Crippen molar-refractivity contribution >= 4 is 19.8 Å². The van der Waals surface area contributed by atoms with E-state index in [0.717, 1.165) is 64.2 Å². The van der Waals surface area contributed by atoms with Crippen LogP contribution in [0.5, 0.6) is 0 Å². The van der Waals surface area contributed by atoms with Gasteiger partial charge in [-0.3, -0.25) is 18.6 Å². The van der Waals surface area contributed by atoms with E-state index < -0.39 is 32.5 Å². The lowest BCUT2D eigenvalue weighted by Crippen LogP contribution is -2.29. The lowest BCUT2D eigenvalue weighted by atomic mass is 10.0. The van der Waals surface area contributed by atoms with E-state index in [1.807, 2.05) is 12.2 Å². The minimum absolute atomic E-state index is 0.0321. The Hall–Kier alpha value is -3.07. The zero-order valence-corrected chi connectivity index (χ0v) is 40.7. The lowest BCUT2D eigenvalue weighted by molar-refractivity contribution is -0.161. The number of carbonyl (C=O) groups is 2. The molecule has 0 saturated heterocycles. The van der Waals surface area contributed by atoms with Crippen LogP contribution in [0.2, 0.25) is 0 Å². The van der Waals surface area contributed by atoms with Crippen molar-refractivity contribution < 1.29 is 37.6 Å². The summed E-state index contributed by atoms with van der Waals surface area (Å²) in [6, 6.07) is 0. The summed E-state index contributed by atoms with van der Waals surface area (Å²) in [7, 11) is -4.42. The molecule has 0 rings (SSSR count). The van der Waals surface area contributed by atoms with Crippen LogP contribution in [0.1, 0.15) is 194 Å². The molecule has 3 N–H and O–H groups in total. The molecule has 0 spiro atoms. The molecule has 10 heteroatoms. The number of allylic oxidation sites excluding steroid dienone is 16. The predicted octanol–water partition coefficient (Wildman–Crippen LogP) is 14.9. The fourth-order valence-electron chi connectivity index (χ4n) is 6.33. The van der Waals surface area contributed by atoms with Crippen molar-refractivity contribution in [3.05, 3.63) is 97.2 Å². The molecule has 0 amide bonds. The van der Waals surface area contributed by atoms with Crippen molar-refractivity contribution in [2.24, 2.45) is 5.73 Å². The van der Waals surface area contributed by atoms with E-state index in [9.17, 15) is 19.0 Å². The molecule has 0 aromatic carbocycles. The Balaban J connectivity index is 4.23. The first-order valence-electron chi connectivity index (χ1n) is 24.7. The second kappa shape index (κ2) is 48.4. The van der Waals surface area contributed by atoms with E-state index in [1.165, 1.54) is 89.9 Å². The molecule has 0 heterocycles. The quantitative estimate of drug-likeness (QED) is 0.0265. The molecule has 0 bridgehead atoms. The highest BCUT2D eigenvalue weighted by Gasteiger charge is 2.25. The Kier molecular flexibility index (Phi) is 46.0. The summed E-state index contributed by atoms with van der Waals surface area (Å²) in [5.74, 6) is -0.981. The number of phosphoric ester groups is 1. The number of nitrogens with two attached hydrogens (primary N) is 1. The Morgan fingerprint density at radius 1 is 0.492 bits per heavy atom. The normalized spacial score (nSPS) is 14.0. The summed E-state index contributed by atoms with van der Waals surface area (Å²) in [5.41, 5.74) is 5.35. The van der Waals surface area contributed by atoms with Crippen LogP contribution < -0.4 is 5.73 Å². The summed E-state index contributed by atoms with van der Waals surface area (Å²) in [5, 5.41) is 0. The number of phosphoric acid groups is 1. The zero-order valence-electron chi connectivity index (χ0n) is 39.8. The van der Waals surface area contributed by atoms with Gasteiger partial charge in [0.25, 0.3) is 0 Å². The van der Waals surface area contributed by atoms with Gasteiger partial charge < -0.3 is 20.1 Å². The number of hydrogen-bond acceptors (Lipinski definition) is 8. The van der Waals surface area contributed by atoms with Gasteiger partial charge in [0.05, 0.1) is 13.2 Å². The Bertz CT molecular complexity index is 1350. The van der Waals surface area contributed by atoms with Crippen molar-refractivity contribution in [2.45, 2.75) is 200 Å². The van der Waals surface area contributed by atoms with Gasteiger partial charge in [-0.05, 0) is 83.5 Å². The number of unbranched alkanes of at least 4 members (excludes halogenated alkanes) is 16. The van der Waals surface area contributed by atoms with Crippen molar-refractivity contribution in [1.82, 2.24) is 0 Å². The number of hydrogen-bond donors (Lipinski definition) is 2. The third-order valence-electron chi connectivity index (χ3n) is 9.95. The molecule has 0 fully saturated rings. The van der Waals surface area contributed by atoms with Gasteiger partial charge in [-0.2, -0.15) is 0 Å². The van der Waals surface area contributed by atoms with Crippen LogP contribution in [-0.2, 0) is 32.7 Å². The van der Waals surface area contributed by atoms with Gasteiger partial charge in [-0.1, -0.05) is 195 Å². The van der Waals surface area contributed by atoms with Crippen molar-refractivity contribution in [1.29, 1.82) is 0 Å². The minimum atomic E-state index is -4.42. The molecule has 0 aliphatic heterocycles. The Morgan fingerprint density at radius 2 is 0.921 bits per heavy atom. The van der Waals surface area contributed by atoms with E-state index in [-0.39, 0.29) is 32.6 Å². The molecule has 0 radical (unpaired) electrons. The topological polar surface area (TPSA) is 134 Å². The van der Waals surface area contributed by atoms with E-state index >= 15 is 0 Å². The van der Waals surface area contributed by atoms with Crippen LogP contribution in [0, 0.1) is 0 Å². The van der Waals surface area contributed by atoms with Crippen LogP contribution in [0.25, 0.3) is 0 Å². The van der Waals surface area contributed by atoms with Gasteiger partial charge in [0.15, 0.2) is 6.10 Å². The highest BCUT2D eigenvalue weighted by molar-refractivity contribution is 7.47. The van der Waals surface area contributed by atoms with Gasteiger partial charge in [0, 0.05) is 19.4 Å². The van der Waals surface area contributed by atoms with Gasteiger partial charge in [0.2, 0.25) is 0 Å². The smallest absolute Gasteiger partial charge is 0.462 e. The number of rotatable bonds is 45. The highest BCUT2D eigenvalue weighted by atomic mass is 31.2. The fourth-order valence-corrected chi connectivity index (χ4v) is 7.09. The van der Waals surface area contributed by atoms with Crippen LogP contribution in [-0.4, -0.2) is 49.3 Å². The average Bonchev–Trinajstić information content (AvgIpc) is 3.27. The van der Waals surface area contributed by atoms with E-state index in [2.05, 4.69) is 98.9 Å². The van der Waals surface area contributed by atoms with Crippen LogP contribution in [0.3, 0.4) is 0 Å². The maximum absolute atomic E-state index is 12.6. The van der Waals surface area contributed by atoms with Crippen LogP contribution in [0.15, 0.2) is 97.2 Å². The molecular weight excluding hydrogens is 810 g/mol. The summed E-state index contributed by atoms with van der Waals surface area (Å²) in [6.45, 7) is 3.49. The molecule has 0 saturated carbocycles. The average molecular weight is 900 g/mol. The van der Waals surface area contributed by atoms with Crippen LogP contribution >= 0.6 is 7.82 Å². The molecule has 360 valence electrons. The first-order valence-corrected chi connectivity index (χ1v) is 26.2. The Morgan fingerprint density at radius 3 is 1.41 bits per heavy atom. The molecule has 0 aromatic rings. The summed E-state index contributed by atoms with van der Waals surface area (Å²) in [4.78, 5) is 34.9. The maximum atomic E-state index is 12.6. The predicted molar refractivity (Wildman–Crippen MR) is 265 cm³/mol. The SMILES string of the molecule is CC/C=C/C/C=C/C/C=C/C/C=C/C/C=C/C/C=C/CCC(=O)O[C@H](COC(=O)CCC/C=C/CC/C=C/CCCCCCCCCCCCCCCC)COP(=O)(O)OCCN. The molecule has 0 aliphatic carbocycles. The monoisotopic (exact) mass is 900 g/mol. The van der Waals surface area contributed by atoms with E-state index in [4.69, 9.17) is 24.3 Å². The highest BCUT2D eigenvalue weighted by Crippen LogP contribution is 2.43. The number of ether oxygens (including phenoxy) is 2. The van der Waals surface area contributed by atoms with Gasteiger partial charge in [-0.15, -0.1) is 0 Å². The van der Waals surface area contributed by atoms with Crippen molar-refractivity contribution in [3.63, 3.8) is 0 Å². The summed E-state index contributed by atoms with van der Waals surface area (Å²) in [6.07, 6.45) is 63.4. The Labute approximate surface area is 385 Å². The molecule has 63 heavy (non-hydrogen) atoms. The fraction of sp³-hybridized carbons (Fsp3) is 0.660. The van der Waals surface area contributed by atoms with Crippen LogP contribution in [0.4, 0.5) is 0 Å². The van der Waals surface area contributed by atoms with Crippen molar-refractivity contribution in [3.8, 4) is 0 Å². The third-order valence-corrected chi connectivity index (χ3v) is 10.9. The maximum Gasteiger partial charge on any atom is 0.472 e. The third kappa shape index (κ3) is 48.2. The lowest BCUT2D eigenvalue weighted by Gasteiger charge is -2.19. The summed E-state index contributed by atoms with van der Waals surface area (Å²) < 4.78 is 32.7. The number of esters is 2. The second-order valence-electron chi connectivity index (χ2n) is 15.9. The summed E-state index contributed by atoms with van der Waals surface area (Å²) >= 11 is 0. The standard InChI is InChI=1S/C53H90NO8P/c1-3-5-7-9-11-13-15-17-19-21-23-24-25-26-28-29-31-33-35-37-39-41-43-45-52(55)59-49-51(50-61-63(57,58)60-48-47-54)62-53(56)46-44-42-40-38-36-34-32-30-27-22-20-18-16-14-12-10-8-6-4-2/h6,8,12,14,18,20,27,29-31,34,36-37,39-40,42,51H,3-5,7,9-11,13,15-17,19,21-26,28,32-33,35,38,41,43-50,54H2,1-2H3,(H,57,58)/b8-6+,14-12+,20-18+,30-27+,31-29+,36-34+,39-37+,42-40+/t51-/m1/s1. The number of carbonyl (C=O) groups excluding carboxylic acids is 2. The molecule has 2 atom stereocenters. The van der Waals surface area contributed by atoms with E-state index in [1.54, 1.807) is 0 Å². The largest absolute Gasteiger partial charge is 0.472 e. The molecule has 0 aliphatic rings.